The van der Waals surface area contributed by atoms with E-state index in [1.807, 2.05) is 0 Å². The van der Waals surface area contributed by atoms with Gasteiger partial charge in [0.25, 0.3) is 0 Å². The van der Waals surface area contributed by atoms with Crippen LogP contribution >= 0.6 is 11.3 Å². The van der Waals surface area contributed by atoms with Crippen molar-refractivity contribution in [2.45, 2.75) is 6.42 Å². The van der Waals surface area contributed by atoms with E-state index in [4.69, 9.17) is 5.11 Å². The third kappa shape index (κ3) is 2.14. The number of aliphatic carboxylic acids is 1. The van der Waals surface area contributed by atoms with E-state index in [0.717, 1.165) is 0 Å². The fourth-order valence-electron chi connectivity index (χ4n) is 1.11. The second-order valence-corrected chi connectivity index (χ2v) is 3.82. The van der Waals surface area contributed by atoms with E-state index in [0.29, 0.717) is 5.13 Å². The molecule has 6 nitrogen and oxygen atoms in total. The van der Waals surface area contributed by atoms with Gasteiger partial charge in [0.15, 0.2) is 10.9 Å². The third-order valence-electron chi connectivity index (χ3n) is 1.81. The number of hydrogen-bond acceptors (Lipinski definition) is 5. The van der Waals surface area contributed by atoms with Crippen molar-refractivity contribution in [2.75, 3.05) is 0 Å². The van der Waals surface area contributed by atoms with Crippen molar-refractivity contribution in [3.05, 3.63) is 29.8 Å². The summed E-state index contributed by atoms with van der Waals surface area (Å²) in [6.45, 7) is 0. The lowest BCUT2D eigenvalue weighted by atomic mass is 10.2. The zero-order chi connectivity index (χ0) is 11.5. The normalized spacial score (nSPS) is 10.2. The molecule has 0 aliphatic rings. The molecular weight excluding hydrogens is 230 g/mol. The topological polar surface area (TPSA) is 85.1 Å². The lowest BCUT2D eigenvalue weighted by Crippen LogP contribution is -2.07. The summed E-state index contributed by atoms with van der Waals surface area (Å²) in [6.07, 6.45) is 4.32. The van der Waals surface area contributed by atoms with Crippen LogP contribution in [0, 0.1) is 0 Å². The number of ketones is 1. The van der Waals surface area contributed by atoms with Crippen molar-refractivity contribution >= 4 is 23.1 Å². The Morgan fingerprint density at radius 2 is 2.31 bits per heavy atom. The van der Waals surface area contributed by atoms with Gasteiger partial charge in [-0.2, -0.15) is 0 Å². The van der Waals surface area contributed by atoms with Crippen LogP contribution < -0.4 is 0 Å². The van der Waals surface area contributed by atoms with Crippen LogP contribution in [0.1, 0.15) is 16.9 Å². The first kappa shape index (κ1) is 10.5. The number of Topliss-reactive ketones (excluding diaryl/α,β-unsaturated/α-hetero) is 1. The highest BCUT2D eigenvalue weighted by atomic mass is 32.1. The molecule has 16 heavy (non-hydrogen) atoms. The maximum absolute atomic E-state index is 11.4. The minimum absolute atomic E-state index is 0.177. The van der Waals surface area contributed by atoms with E-state index >= 15 is 0 Å². The SMILES string of the molecule is O=C(O)CC(=O)c1csc(-n2ccnc2)n1. The van der Waals surface area contributed by atoms with Crippen molar-refractivity contribution in [1.82, 2.24) is 14.5 Å². The molecule has 1 N–H and O–H groups in total. The van der Waals surface area contributed by atoms with Crippen molar-refractivity contribution in [3.63, 3.8) is 0 Å². The van der Waals surface area contributed by atoms with Gasteiger partial charge < -0.3 is 5.11 Å². The van der Waals surface area contributed by atoms with Crippen molar-refractivity contribution in [3.8, 4) is 5.13 Å². The van der Waals surface area contributed by atoms with E-state index in [1.165, 1.54) is 11.3 Å². The van der Waals surface area contributed by atoms with Crippen molar-refractivity contribution < 1.29 is 14.7 Å². The number of aromatic nitrogens is 3. The molecule has 0 saturated heterocycles. The van der Waals surface area contributed by atoms with Crippen molar-refractivity contribution in [2.24, 2.45) is 0 Å². The molecule has 0 fully saturated rings. The molecule has 0 aromatic carbocycles. The van der Waals surface area contributed by atoms with Gasteiger partial charge in [-0.05, 0) is 0 Å². The summed E-state index contributed by atoms with van der Waals surface area (Å²) in [4.78, 5) is 29.6. The van der Waals surface area contributed by atoms with Crippen molar-refractivity contribution in [1.29, 1.82) is 0 Å². The third-order valence-corrected chi connectivity index (χ3v) is 2.67. The average Bonchev–Trinajstić information content (AvgIpc) is 2.87. The number of thiazole rings is 1. The first-order chi connectivity index (χ1) is 7.66. The number of carboxylic acids is 1. The molecule has 0 spiro atoms. The molecule has 0 aliphatic heterocycles. The summed E-state index contributed by atoms with van der Waals surface area (Å²) in [6, 6.07) is 0. The largest absolute Gasteiger partial charge is 0.481 e. The fraction of sp³-hybridized carbons (Fsp3) is 0.111. The van der Waals surface area contributed by atoms with Gasteiger partial charge in [0.05, 0.1) is 0 Å². The van der Waals surface area contributed by atoms with Crippen LogP contribution in [0.4, 0.5) is 0 Å². The Morgan fingerprint density at radius 1 is 1.50 bits per heavy atom. The van der Waals surface area contributed by atoms with Gasteiger partial charge in [0, 0.05) is 17.8 Å². The molecule has 0 atom stereocenters. The van der Waals surface area contributed by atoms with Crippen LogP contribution in [0.25, 0.3) is 5.13 Å². The zero-order valence-electron chi connectivity index (χ0n) is 8.03. The molecule has 0 amide bonds. The Labute approximate surface area is 94.2 Å². The molecular formula is C9H7N3O3S. The predicted octanol–water partition coefficient (Wildman–Crippen LogP) is 0.986. The summed E-state index contributed by atoms with van der Waals surface area (Å²) in [5, 5.41) is 10.6. The molecule has 0 bridgehead atoms. The van der Waals surface area contributed by atoms with Gasteiger partial charge in [-0.25, -0.2) is 9.97 Å². The van der Waals surface area contributed by atoms with Crippen LogP contribution in [-0.4, -0.2) is 31.4 Å². The van der Waals surface area contributed by atoms with E-state index in [2.05, 4.69) is 9.97 Å². The molecule has 0 saturated carbocycles. The van der Waals surface area contributed by atoms with Gasteiger partial charge in [-0.15, -0.1) is 11.3 Å². The molecule has 2 heterocycles. The standard InChI is InChI=1S/C9H7N3O3S/c13-7(3-8(14)15)6-4-16-9(11-6)12-2-1-10-5-12/h1-2,4-5H,3H2,(H,14,15). The Bertz CT molecular complexity index is 518. The van der Waals surface area contributed by atoms with Gasteiger partial charge in [-0.1, -0.05) is 0 Å². The quantitative estimate of drug-likeness (QED) is 0.633. The Balaban J connectivity index is 2.20. The maximum atomic E-state index is 11.4. The number of imidazole rings is 1. The summed E-state index contributed by atoms with van der Waals surface area (Å²) in [5.74, 6) is -1.64. The lowest BCUT2D eigenvalue weighted by molar-refractivity contribution is -0.135. The summed E-state index contributed by atoms with van der Waals surface area (Å²) in [7, 11) is 0. The smallest absolute Gasteiger partial charge is 0.311 e. The highest BCUT2D eigenvalue weighted by molar-refractivity contribution is 7.12. The predicted molar refractivity (Wildman–Crippen MR) is 55.8 cm³/mol. The van der Waals surface area contributed by atoms with E-state index in [1.54, 1.807) is 28.7 Å². The maximum Gasteiger partial charge on any atom is 0.311 e. The minimum atomic E-state index is -1.15. The molecule has 0 aliphatic carbocycles. The summed E-state index contributed by atoms with van der Waals surface area (Å²) < 4.78 is 1.65. The molecule has 82 valence electrons. The van der Waals surface area contributed by atoms with Gasteiger partial charge >= 0.3 is 5.97 Å². The molecule has 0 unspecified atom stereocenters. The van der Waals surface area contributed by atoms with Gasteiger partial charge in [-0.3, -0.25) is 14.2 Å². The highest BCUT2D eigenvalue weighted by Gasteiger charge is 2.14. The second kappa shape index (κ2) is 4.23. The molecule has 2 aromatic rings. The number of carbonyl (C=O) groups excluding carboxylic acids is 1. The minimum Gasteiger partial charge on any atom is -0.481 e. The van der Waals surface area contributed by atoms with Gasteiger partial charge in [0.2, 0.25) is 0 Å². The molecule has 7 heteroatoms. The lowest BCUT2D eigenvalue weighted by Gasteiger charge is -1.93. The van der Waals surface area contributed by atoms with Crippen LogP contribution in [-0.2, 0) is 4.79 Å². The number of carboxylic acid groups (broad SMARTS) is 1. The summed E-state index contributed by atoms with van der Waals surface area (Å²) in [5.41, 5.74) is 0.177. The van der Waals surface area contributed by atoms with Gasteiger partial charge in [0.1, 0.15) is 18.4 Å². The van der Waals surface area contributed by atoms with Crippen LogP contribution in [0.5, 0.6) is 0 Å². The molecule has 0 radical (unpaired) electrons. The van der Waals surface area contributed by atoms with Crippen LogP contribution in [0.15, 0.2) is 24.1 Å². The number of nitrogens with zero attached hydrogens (tertiary/aromatic N) is 3. The van der Waals surface area contributed by atoms with E-state index in [9.17, 15) is 9.59 Å². The average molecular weight is 237 g/mol. The van der Waals surface area contributed by atoms with Crippen LogP contribution in [0.3, 0.4) is 0 Å². The highest BCUT2D eigenvalue weighted by Crippen LogP contribution is 2.15. The first-order valence-corrected chi connectivity index (χ1v) is 5.23. The van der Waals surface area contributed by atoms with Crippen LogP contribution in [0.2, 0.25) is 0 Å². The Kier molecular flexibility index (Phi) is 2.78. The molecule has 2 rings (SSSR count). The van der Waals surface area contributed by atoms with E-state index < -0.39 is 18.2 Å². The monoisotopic (exact) mass is 237 g/mol. The summed E-state index contributed by atoms with van der Waals surface area (Å²) >= 11 is 1.26. The fourth-order valence-corrected chi connectivity index (χ4v) is 1.89. The Morgan fingerprint density at radius 3 is 2.94 bits per heavy atom. The zero-order valence-corrected chi connectivity index (χ0v) is 8.85. The van der Waals surface area contributed by atoms with E-state index in [-0.39, 0.29) is 5.69 Å². The number of carbonyl (C=O) groups is 2. The Hall–Kier alpha value is -2.02. The first-order valence-electron chi connectivity index (χ1n) is 4.35. The number of hydrogen-bond donors (Lipinski definition) is 1. The second-order valence-electron chi connectivity index (χ2n) is 2.98. The molecule has 2 aromatic heterocycles. The number of rotatable bonds is 4.